The summed E-state index contributed by atoms with van der Waals surface area (Å²) in [5, 5.41) is 3.26. The molecule has 0 spiro atoms. The number of rotatable bonds is 2. The lowest BCUT2D eigenvalue weighted by molar-refractivity contribution is 0.549. The molecule has 1 heterocycles. The van der Waals surface area contributed by atoms with Crippen LogP contribution in [0.2, 0.25) is 0 Å². The van der Waals surface area contributed by atoms with Crippen LogP contribution in [0.4, 0.5) is 30.2 Å². The normalized spacial score (nSPS) is 10.8. The summed E-state index contributed by atoms with van der Waals surface area (Å²) in [4.78, 5) is 4.15. The van der Waals surface area contributed by atoms with Crippen LogP contribution in [-0.4, -0.2) is 4.98 Å². The molecule has 0 saturated carbocycles. The first-order valence-electron chi connectivity index (χ1n) is 6.11. The number of nitrogen functional groups attached to an aromatic ring is 1. The molecule has 21 heavy (non-hydrogen) atoms. The Hall–Kier alpha value is -2.76. The highest BCUT2D eigenvalue weighted by Gasteiger charge is 2.13. The molecule has 0 unspecified atom stereocenters. The second-order valence-corrected chi connectivity index (χ2v) is 4.47. The van der Waals surface area contributed by atoms with Crippen molar-refractivity contribution in [3.8, 4) is 0 Å². The van der Waals surface area contributed by atoms with E-state index in [0.717, 1.165) is 0 Å². The third-order valence-electron chi connectivity index (χ3n) is 3.07. The minimum absolute atomic E-state index is 0.379. The number of pyridine rings is 1. The van der Waals surface area contributed by atoms with Crippen molar-refractivity contribution in [2.75, 3.05) is 11.1 Å². The summed E-state index contributed by atoms with van der Waals surface area (Å²) in [7, 11) is 0. The number of nitrogens with zero attached hydrogens (tertiary/aromatic N) is 1. The van der Waals surface area contributed by atoms with Gasteiger partial charge in [0.1, 0.15) is 11.5 Å². The predicted octanol–water partition coefficient (Wildman–Crippen LogP) is 3.98. The van der Waals surface area contributed by atoms with Crippen molar-refractivity contribution in [1.29, 1.82) is 0 Å². The molecule has 0 atom stereocenters. The largest absolute Gasteiger partial charge is 0.398 e. The smallest absolute Gasteiger partial charge is 0.152 e. The molecule has 1 aromatic heterocycles. The van der Waals surface area contributed by atoms with Crippen molar-refractivity contribution in [3.05, 3.63) is 60.0 Å². The molecule has 3 aromatic rings. The van der Waals surface area contributed by atoms with Crippen molar-refractivity contribution in [2.45, 2.75) is 0 Å². The maximum atomic E-state index is 13.7. The molecule has 0 radical (unpaired) electrons. The van der Waals surface area contributed by atoms with Crippen LogP contribution in [0.5, 0.6) is 0 Å². The Balaban J connectivity index is 2.13. The van der Waals surface area contributed by atoms with Crippen LogP contribution in [0.3, 0.4) is 0 Å². The molecule has 0 bridgehead atoms. The van der Waals surface area contributed by atoms with Gasteiger partial charge in [-0.3, -0.25) is 4.98 Å². The van der Waals surface area contributed by atoms with Crippen LogP contribution < -0.4 is 11.1 Å². The Kier molecular flexibility index (Phi) is 3.13. The summed E-state index contributed by atoms with van der Waals surface area (Å²) < 4.78 is 40.3. The monoisotopic (exact) mass is 289 g/mol. The summed E-state index contributed by atoms with van der Waals surface area (Å²) in [6, 6.07) is 7.84. The van der Waals surface area contributed by atoms with Gasteiger partial charge in [0, 0.05) is 29.4 Å². The highest BCUT2D eigenvalue weighted by atomic mass is 19.1. The fraction of sp³-hybridized carbons (Fsp3) is 0. The molecule has 3 rings (SSSR count). The number of hydrogen-bond donors (Lipinski definition) is 2. The first-order chi connectivity index (χ1) is 10.1. The van der Waals surface area contributed by atoms with Gasteiger partial charge in [-0.1, -0.05) is 0 Å². The number of nitrogens with two attached hydrogens (primary N) is 1. The summed E-state index contributed by atoms with van der Waals surface area (Å²) >= 11 is 0. The molecule has 6 heteroatoms. The molecule has 0 aliphatic heterocycles. The number of anilines is 3. The van der Waals surface area contributed by atoms with Crippen LogP contribution >= 0.6 is 0 Å². The molecular weight excluding hydrogens is 279 g/mol. The maximum absolute atomic E-state index is 13.7. The lowest BCUT2D eigenvalue weighted by atomic mass is 10.1. The minimum Gasteiger partial charge on any atom is -0.398 e. The number of halogens is 3. The van der Waals surface area contributed by atoms with Gasteiger partial charge in [-0.2, -0.15) is 0 Å². The van der Waals surface area contributed by atoms with E-state index < -0.39 is 23.1 Å². The number of hydrogen-bond acceptors (Lipinski definition) is 3. The number of fused-ring (bicyclic) bond motifs is 1. The van der Waals surface area contributed by atoms with E-state index in [1.54, 1.807) is 30.5 Å². The van der Waals surface area contributed by atoms with Gasteiger partial charge in [0.15, 0.2) is 11.6 Å². The zero-order valence-corrected chi connectivity index (χ0v) is 10.7. The summed E-state index contributed by atoms with van der Waals surface area (Å²) in [5.41, 5.74) is 6.75. The molecule has 106 valence electrons. The van der Waals surface area contributed by atoms with Gasteiger partial charge >= 0.3 is 0 Å². The average Bonchev–Trinajstić information content (AvgIpc) is 2.45. The van der Waals surface area contributed by atoms with Gasteiger partial charge in [0.25, 0.3) is 0 Å². The molecule has 0 amide bonds. The molecule has 3 N–H and O–H groups in total. The van der Waals surface area contributed by atoms with Crippen LogP contribution in [-0.2, 0) is 0 Å². The van der Waals surface area contributed by atoms with Gasteiger partial charge < -0.3 is 11.1 Å². The third kappa shape index (κ3) is 2.35. The second-order valence-electron chi connectivity index (χ2n) is 4.47. The zero-order chi connectivity index (χ0) is 15.0. The Morgan fingerprint density at radius 3 is 2.43 bits per heavy atom. The van der Waals surface area contributed by atoms with E-state index in [1.165, 1.54) is 0 Å². The third-order valence-corrected chi connectivity index (χ3v) is 3.07. The van der Waals surface area contributed by atoms with Crippen molar-refractivity contribution in [3.63, 3.8) is 0 Å². The Labute approximate surface area is 118 Å². The molecule has 0 aliphatic carbocycles. The van der Waals surface area contributed by atoms with E-state index in [4.69, 9.17) is 5.73 Å². The highest BCUT2D eigenvalue weighted by Crippen LogP contribution is 2.31. The standard InChI is InChI=1S/C15H10F3N3/c16-8-6-10(17)15(11(18)7-8)21-13-4-3-12(19)9-2-1-5-20-14(9)13/h1-7,21H,19H2. The van der Waals surface area contributed by atoms with Crippen LogP contribution in [0.1, 0.15) is 0 Å². The first kappa shape index (κ1) is 13.2. The summed E-state index contributed by atoms with van der Waals surface area (Å²) in [6.45, 7) is 0. The molecule has 0 saturated heterocycles. The van der Waals surface area contributed by atoms with Crippen LogP contribution in [0.25, 0.3) is 10.9 Å². The van der Waals surface area contributed by atoms with Crippen LogP contribution in [0, 0.1) is 17.5 Å². The average molecular weight is 289 g/mol. The minimum atomic E-state index is -1.02. The van der Waals surface area contributed by atoms with Crippen molar-refractivity contribution >= 4 is 28.0 Å². The van der Waals surface area contributed by atoms with E-state index in [2.05, 4.69) is 10.3 Å². The molecule has 0 fully saturated rings. The van der Waals surface area contributed by atoms with E-state index in [0.29, 0.717) is 34.4 Å². The first-order valence-corrected chi connectivity index (χ1v) is 6.11. The van der Waals surface area contributed by atoms with E-state index in [-0.39, 0.29) is 0 Å². The quantitative estimate of drug-likeness (QED) is 0.702. The van der Waals surface area contributed by atoms with Gasteiger partial charge in [-0.05, 0) is 24.3 Å². The Bertz CT molecular complexity index is 811. The molecule has 0 aliphatic rings. The van der Waals surface area contributed by atoms with E-state index in [9.17, 15) is 13.2 Å². The second kappa shape index (κ2) is 4.97. The van der Waals surface area contributed by atoms with Crippen molar-refractivity contribution < 1.29 is 13.2 Å². The molecule has 2 aromatic carbocycles. The van der Waals surface area contributed by atoms with Gasteiger partial charge in [0.05, 0.1) is 11.2 Å². The van der Waals surface area contributed by atoms with Crippen molar-refractivity contribution in [2.24, 2.45) is 0 Å². The topological polar surface area (TPSA) is 50.9 Å². The van der Waals surface area contributed by atoms with Gasteiger partial charge in [-0.15, -0.1) is 0 Å². The predicted molar refractivity (Wildman–Crippen MR) is 75.8 cm³/mol. The molecule has 3 nitrogen and oxygen atoms in total. The molecular formula is C15H10F3N3. The highest BCUT2D eigenvalue weighted by molar-refractivity contribution is 5.99. The Morgan fingerprint density at radius 1 is 1.00 bits per heavy atom. The summed E-state index contributed by atoms with van der Waals surface area (Å²) in [6.07, 6.45) is 1.55. The maximum Gasteiger partial charge on any atom is 0.152 e. The van der Waals surface area contributed by atoms with E-state index in [1.807, 2.05) is 0 Å². The Morgan fingerprint density at radius 2 is 1.71 bits per heavy atom. The summed E-state index contributed by atoms with van der Waals surface area (Å²) in [5.74, 6) is -3.02. The zero-order valence-electron chi connectivity index (χ0n) is 10.7. The number of nitrogens with one attached hydrogen (secondary N) is 1. The van der Waals surface area contributed by atoms with Gasteiger partial charge in [-0.25, -0.2) is 13.2 Å². The van der Waals surface area contributed by atoms with Gasteiger partial charge in [0.2, 0.25) is 0 Å². The lowest BCUT2D eigenvalue weighted by Crippen LogP contribution is -2.01. The lowest BCUT2D eigenvalue weighted by Gasteiger charge is -2.12. The number of benzene rings is 2. The number of aromatic nitrogens is 1. The van der Waals surface area contributed by atoms with E-state index >= 15 is 0 Å². The van der Waals surface area contributed by atoms with Crippen molar-refractivity contribution in [1.82, 2.24) is 4.98 Å². The fourth-order valence-electron chi connectivity index (χ4n) is 2.09. The van der Waals surface area contributed by atoms with Crippen LogP contribution in [0.15, 0.2) is 42.6 Å². The SMILES string of the molecule is Nc1ccc(Nc2c(F)cc(F)cc2F)c2ncccc12. The fourth-order valence-corrected chi connectivity index (χ4v) is 2.09.